The molecule has 0 atom stereocenters. The number of H-pyrrole nitrogens is 1. The fourth-order valence-corrected chi connectivity index (χ4v) is 4.05. The number of carbonyl (C=O) groups excluding carboxylic acids is 1. The molecule has 2 N–H and O–H groups in total. The van der Waals surface area contributed by atoms with Crippen molar-refractivity contribution in [1.82, 2.24) is 29.7 Å². The molecule has 10 heteroatoms. The monoisotopic (exact) mass is 450 g/mol. The molecule has 3 aromatic heterocycles. The van der Waals surface area contributed by atoms with E-state index in [0.29, 0.717) is 55.2 Å². The van der Waals surface area contributed by atoms with Crippen LogP contribution in [0.5, 0.6) is 0 Å². The summed E-state index contributed by atoms with van der Waals surface area (Å²) in [6, 6.07) is 13.3. The normalized spacial score (nSPS) is 14.2. The highest BCUT2D eigenvalue weighted by atomic mass is 35.5. The van der Waals surface area contributed by atoms with Gasteiger partial charge < -0.3 is 15.1 Å². The van der Waals surface area contributed by atoms with Gasteiger partial charge >= 0.3 is 0 Å². The molecule has 0 saturated carbocycles. The van der Waals surface area contributed by atoms with E-state index in [4.69, 9.17) is 16.6 Å². The second-order valence-corrected chi connectivity index (χ2v) is 8.27. The number of nitrogens with one attached hydrogen (secondary N) is 2. The molecule has 0 radical (unpaired) electrons. The number of piperazine rings is 1. The van der Waals surface area contributed by atoms with E-state index < -0.39 is 0 Å². The zero-order valence-electron chi connectivity index (χ0n) is 17.6. The predicted octanol–water partition coefficient (Wildman–Crippen LogP) is 3.05. The van der Waals surface area contributed by atoms with E-state index >= 15 is 0 Å². The third kappa shape index (κ3) is 4.24. The summed E-state index contributed by atoms with van der Waals surface area (Å²) < 4.78 is 1.81. The summed E-state index contributed by atoms with van der Waals surface area (Å²) in [6.45, 7) is 4.51. The van der Waals surface area contributed by atoms with E-state index in [1.54, 1.807) is 4.52 Å². The fraction of sp³-hybridized carbons (Fsp3) is 0.273. The van der Waals surface area contributed by atoms with Gasteiger partial charge in [0.05, 0.1) is 6.42 Å². The van der Waals surface area contributed by atoms with Crippen molar-refractivity contribution in [3.8, 4) is 0 Å². The summed E-state index contributed by atoms with van der Waals surface area (Å²) in [6.07, 6.45) is 2.25. The Morgan fingerprint density at radius 1 is 1.16 bits per heavy atom. The first-order valence-electron chi connectivity index (χ1n) is 10.5. The van der Waals surface area contributed by atoms with Gasteiger partial charge in [-0.3, -0.25) is 9.89 Å². The molecule has 4 aromatic rings. The average molecular weight is 451 g/mol. The quantitative estimate of drug-likeness (QED) is 0.485. The van der Waals surface area contributed by atoms with Crippen molar-refractivity contribution in [3.05, 3.63) is 64.9 Å². The minimum Gasteiger partial charge on any atom is -0.339 e. The van der Waals surface area contributed by atoms with E-state index in [9.17, 15) is 4.79 Å². The van der Waals surface area contributed by atoms with Crippen molar-refractivity contribution in [2.24, 2.45) is 0 Å². The maximum Gasteiger partial charge on any atom is 0.245 e. The van der Waals surface area contributed by atoms with Crippen LogP contribution in [0.4, 0.5) is 17.6 Å². The van der Waals surface area contributed by atoms with Crippen LogP contribution in [0.3, 0.4) is 0 Å². The molecule has 0 unspecified atom stereocenters. The summed E-state index contributed by atoms with van der Waals surface area (Å²) in [5.74, 6) is 2.10. The summed E-state index contributed by atoms with van der Waals surface area (Å²) in [4.78, 5) is 21.5. The Bertz CT molecular complexity index is 1260. The maximum absolute atomic E-state index is 12.7. The Labute approximate surface area is 190 Å². The first-order chi connectivity index (χ1) is 15.5. The van der Waals surface area contributed by atoms with Crippen molar-refractivity contribution in [2.75, 3.05) is 36.4 Å². The minimum absolute atomic E-state index is 0.102. The Hall–Kier alpha value is -3.59. The largest absolute Gasteiger partial charge is 0.339 e. The number of anilines is 3. The second-order valence-electron chi connectivity index (χ2n) is 7.83. The Kier molecular flexibility index (Phi) is 5.40. The number of aryl methyl sites for hydroxylation is 1. The molecule has 32 heavy (non-hydrogen) atoms. The lowest BCUT2D eigenvalue weighted by molar-refractivity contribution is -0.130. The number of fused-ring (bicyclic) bond motifs is 1. The number of hydrogen-bond donors (Lipinski definition) is 2. The van der Waals surface area contributed by atoms with Gasteiger partial charge in [0, 0.05) is 49.2 Å². The number of amides is 1. The SMILES string of the molecule is Cc1cc(Nc2nc(N3CCN(C(=O)Cc4cccc(Cl)c4)CC3)nn3cccc23)n[nH]1. The first kappa shape index (κ1) is 20.3. The molecule has 1 amide bonds. The average Bonchev–Trinajstić information content (AvgIpc) is 3.42. The number of benzene rings is 1. The van der Waals surface area contributed by atoms with Gasteiger partial charge in [0.2, 0.25) is 11.9 Å². The zero-order chi connectivity index (χ0) is 22.1. The van der Waals surface area contributed by atoms with Crippen LogP contribution in [0, 0.1) is 6.92 Å². The van der Waals surface area contributed by atoms with E-state index in [-0.39, 0.29) is 5.91 Å². The first-order valence-corrected chi connectivity index (χ1v) is 10.8. The molecular weight excluding hydrogens is 428 g/mol. The molecule has 0 aliphatic carbocycles. The molecule has 5 rings (SSSR count). The fourth-order valence-electron chi connectivity index (χ4n) is 3.84. The Morgan fingerprint density at radius 3 is 2.75 bits per heavy atom. The second kappa shape index (κ2) is 8.51. The Morgan fingerprint density at radius 2 is 2.00 bits per heavy atom. The molecule has 164 valence electrons. The number of aromatic nitrogens is 5. The van der Waals surface area contributed by atoms with Crippen LogP contribution in [-0.2, 0) is 11.2 Å². The minimum atomic E-state index is 0.102. The van der Waals surface area contributed by atoms with Crippen molar-refractivity contribution >= 4 is 40.6 Å². The van der Waals surface area contributed by atoms with Crippen LogP contribution < -0.4 is 10.2 Å². The van der Waals surface area contributed by atoms with Crippen LogP contribution in [0.25, 0.3) is 5.52 Å². The maximum atomic E-state index is 12.7. The number of hydrogen-bond acceptors (Lipinski definition) is 6. The molecule has 1 aromatic carbocycles. The van der Waals surface area contributed by atoms with Gasteiger partial charge in [-0.1, -0.05) is 23.7 Å². The zero-order valence-corrected chi connectivity index (χ0v) is 18.4. The highest BCUT2D eigenvalue weighted by molar-refractivity contribution is 6.30. The molecule has 1 saturated heterocycles. The molecule has 4 heterocycles. The van der Waals surface area contributed by atoms with E-state index in [2.05, 4.69) is 25.5 Å². The summed E-state index contributed by atoms with van der Waals surface area (Å²) in [5, 5.41) is 15.7. The molecule has 0 bridgehead atoms. The lowest BCUT2D eigenvalue weighted by atomic mass is 10.1. The van der Waals surface area contributed by atoms with E-state index in [0.717, 1.165) is 16.8 Å². The highest BCUT2D eigenvalue weighted by Crippen LogP contribution is 2.23. The van der Waals surface area contributed by atoms with Crippen LogP contribution in [-0.4, -0.2) is 61.8 Å². The van der Waals surface area contributed by atoms with Gasteiger partial charge in [0.15, 0.2) is 11.6 Å². The number of aromatic amines is 1. The van der Waals surface area contributed by atoms with Gasteiger partial charge in [-0.15, -0.1) is 5.10 Å². The Balaban J connectivity index is 1.29. The summed E-state index contributed by atoms with van der Waals surface area (Å²) >= 11 is 6.04. The van der Waals surface area contributed by atoms with Crippen LogP contribution >= 0.6 is 11.6 Å². The number of carbonyl (C=O) groups is 1. The van der Waals surface area contributed by atoms with Gasteiger partial charge in [-0.2, -0.15) is 10.1 Å². The summed E-state index contributed by atoms with van der Waals surface area (Å²) in [5.41, 5.74) is 2.76. The van der Waals surface area contributed by atoms with Gasteiger partial charge in [0.25, 0.3) is 0 Å². The third-order valence-electron chi connectivity index (χ3n) is 5.49. The number of nitrogens with zero attached hydrogens (tertiary/aromatic N) is 6. The van der Waals surface area contributed by atoms with Crippen LogP contribution in [0.1, 0.15) is 11.3 Å². The lowest BCUT2D eigenvalue weighted by Gasteiger charge is -2.34. The lowest BCUT2D eigenvalue weighted by Crippen LogP contribution is -2.49. The molecule has 9 nitrogen and oxygen atoms in total. The van der Waals surface area contributed by atoms with Gasteiger partial charge in [-0.25, -0.2) is 4.52 Å². The molecule has 1 fully saturated rings. The van der Waals surface area contributed by atoms with Crippen molar-refractivity contribution in [1.29, 1.82) is 0 Å². The smallest absolute Gasteiger partial charge is 0.245 e. The van der Waals surface area contributed by atoms with Crippen molar-refractivity contribution < 1.29 is 4.79 Å². The van der Waals surface area contributed by atoms with Crippen LogP contribution in [0.15, 0.2) is 48.7 Å². The third-order valence-corrected chi connectivity index (χ3v) is 5.73. The predicted molar refractivity (Wildman–Crippen MR) is 124 cm³/mol. The number of halogens is 1. The molecular formula is C22H23ClN8O. The molecule has 0 spiro atoms. The highest BCUT2D eigenvalue weighted by Gasteiger charge is 2.24. The van der Waals surface area contributed by atoms with Crippen LogP contribution in [0.2, 0.25) is 5.02 Å². The van der Waals surface area contributed by atoms with Crippen molar-refractivity contribution in [2.45, 2.75) is 13.3 Å². The molecule has 1 aliphatic heterocycles. The summed E-state index contributed by atoms with van der Waals surface area (Å²) in [7, 11) is 0. The topological polar surface area (TPSA) is 94.5 Å². The van der Waals surface area contributed by atoms with Crippen molar-refractivity contribution in [3.63, 3.8) is 0 Å². The van der Waals surface area contributed by atoms with Gasteiger partial charge in [0.1, 0.15) is 5.52 Å². The number of rotatable bonds is 5. The molecule has 1 aliphatic rings. The standard InChI is InChI=1S/C22H23ClN8O/c1-15-12-19(27-26-15)24-21-18-6-3-7-31(18)28-22(25-21)30-10-8-29(9-11-30)20(32)14-16-4-2-5-17(23)13-16/h2-7,12-13H,8-11,14H2,1H3,(H2,24,25,26,27,28). The van der Waals surface area contributed by atoms with E-state index in [1.165, 1.54) is 0 Å². The van der Waals surface area contributed by atoms with Gasteiger partial charge in [-0.05, 0) is 36.8 Å². The van der Waals surface area contributed by atoms with E-state index in [1.807, 2.05) is 60.5 Å².